The van der Waals surface area contributed by atoms with Crippen LogP contribution in [0.3, 0.4) is 0 Å². The van der Waals surface area contributed by atoms with Crippen molar-refractivity contribution in [3.05, 3.63) is 56.7 Å². The van der Waals surface area contributed by atoms with Crippen LogP contribution in [0.1, 0.15) is 41.5 Å². The van der Waals surface area contributed by atoms with Gasteiger partial charge in [0.15, 0.2) is 5.65 Å². The molecule has 10 heteroatoms. The van der Waals surface area contributed by atoms with Crippen LogP contribution in [-0.4, -0.2) is 57.2 Å². The van der Waals surface area contributed by atoms with Gasteiger partial charge in [-0.15, -0.1) is 0 Å². The Balaban J connectivity index is 2.35. The van der Waals surface area contributed by atoms with E-state index in [1.165, 1.54) is 10.6 Å². The van der Waals surface area contributed by atoms with Crippen LogP contribution in [0.5, 0.6) is 0 Å². The van der Waals surface area contributed by atoms with Crippen molar-refractivity contribution in [3.8, 4) is 0 Å². The molecule has 0 radical (unpaired) electrons. The van der Waals surface area contributed by atoms with Gasteiger partial charge < -0.3 is 9.80 Å². The van der Waals surface area contributed by atoms with Crippen LogP contribution in [0.25, 0.3) is 16.7 Å². The Morgan fingerprint density at radius 3 is 2.33 bits per heavy atom. The molecule has 2 aromatic heterocycles. The van der Waals surface area contributed by atoms with Gasteiger partial charge in [-0.3, -0.25) is 9.79 Å². The Morgan fingerprint density at radius 1 is 1.22 bits per heavy atom. The number of aromatic nitrogens is 3. The largest absolute Gasteiger partial charge is 0.355 e. The van der Waals surface area contributed by atoms with Crippen LogP contribution in [0.15, 0.2) is 45.9 Å². The van der Waals surface area contributed by atoms with Crippen LogP contribution < -0.4 is 10.6 Å². The summed E-state index contributed by atoms with van der Waals surface area (Å²) in [6.45, 7) is 19.9. The summed E-state index contributed by atoms with van der Waals surface area (Å²) in [7, 11) is 0. The number of hydrogen-bond donors (Lipinski definition) is 0. The third-order valence-corrected chi connectivity index (χ3v) is 7.07. The monoisotopic (exact) mass is 530 g/mol. The predicted octanol–water partition coefficient (Wildman–Crippen LogP) is 5.20. The fraction of sp³-hybridized carbons (Fsp3) is 0.423. The number of allylic oxidation sites excluding steroid dienone is 4. The summed E-state index contributed by atoms with van der Waals surface area (Å²) in [5, 5.41) is 0.895. The lowest BCUT2D eigenvalue weighted by Crippen LogP contribution is -2.58. The predicted molar refractivity (Wildman–Crippen MR) is 149 cm³/mol. The molecule has 1 saturated heterocycles. The molecular formula is C26H32Cl2N6O2. The first-order valence-corrected chi connectivity index (χ1v) is 12.5. The molecule has 1 amide bonds. The number of carbonyl (C=O) groups excluding carboxylic acids is 1. The normalized spacial score (nSPS) is 19.5. The quantitative estimate of drug-likeness (QED) is 0.222. The van der Waals surface area contributed by atoms with Crippen molar-refractivity contribution in [2.75, 3.05) is 18.0 Å². The molecule has 0 N–H and O–H groups in total. The molecule has 0 spiro atoms. The lowest BCUT2D eigenvalue weighted by Gasteiger charge is -2.44. The molecule has 2 atom stereocenters. The van der Waals surface area contributed by atoms with E-state index in [2.05, 4.69) is 28.3 Å². The van der Waals surface area contributed by atoms with E-state index < -0.39 is 5.69 Å². The van der Waals surface area contributed by atoms with Crippen molar-refractivity contribution in [2.24, 2.45) is 10.9 Å². The maximum absolute atomic E-state index is 13.7. The Kier molecular flexibility index (Phi) is 8.41. The van der Waals surface area contributed by atoms with Gasteiger partial charge in [0.2, 0.25) is 5.91 Å². The molecule has 36 heavy (non-hydrogen) atoms. The van der Waals surface area contributed by atoms with Gasteiger partial charge in [0, 0.05) is 25.2 Å². The Bertz CT molecular complexity index is 1330. The SMILES string of the molecule is C=CC(=O)N1[C@H](C)CN(c2nc(=O)n(C(/C(C)=C\C)=C(/N=C)C(C)C)c3nc(Cl)c(Cl)cc23)C[C@@H]1C. The van der Waals surface area contributed by atoms with Crippen LogP contribution in [0.4, 0.5) is 5.82 Å². The first-order valence-electron chi connectivity index (χ1n) is 11.8. The zero-order chi connectivity index (χ0) is 26.9. The maximum atomic E-state index is 13.7. The lowest BCUT2D eigenvalue weighted by atomic mass is 10.0. The van der Waals surface area contributed by atoms with E-state index in [0.29, 0.717) is 41.3 Å². The van der Waals surface area contributed by atoms with E-state index in [1.54, 1.807) is 11.0 Å². The topological polar surface area (TPSA) is 83.7 Å². The summed E-state index contributed by atoms with van der Waals surface area (Å²) in [4.78, 5) is 43.1. The molecule has 0 unspecified atom stereocenters. The highest BCUT2D eigenvalue weighted by Gasteiger charge is 2.34. The summed E-state index contributed by atoms with van der Waals surface area (Å²) >= 11 is 12.7. The molecule has 0 saturated carbocycles. The van der Waals surface area contributed by atoms with Crippen LogP contribution in [0, 0.1) is 5.92 Å². The summed E-state index contributed by atoms with van der Waals surface area (Å²) < 4.78 is 1.44. The fourth-order valence-electron chi connectivity index (χ4n) is 4.72. The minimum absolute atomic E-state index is 0.0195. The van der Waals surface area contributed by atoms with Crippen molar-refractivity contribution in [1.82, 2.24) is 19.4 Å². The van der Waals surface area contributed by atoms with Gasteiger partial charge in [-0.2, -0.15) is 4.98 Å². The van der Waals surface area contributed by atoms with Gasteiger partial charge >= 0.3 is 5.69 Å². The third-order valence-electron chi connectivity index (χ3n) is 6.40. The van der Waals surface area contributed by atoms with Gasteiger partial charge in [-0.05, 0) is 58.0 Å². The zero-order valence-corrected chi connectivity index (χ0v) is 23.1. The van der Waals surface area contributed by atoms with E-state index in [-0.39, 0.29) is 34.1 Å². The summed E-state index contributed by atoms with van der Waals surface area (Å²) in [6.07, 6.45) is 3.21. The Hall–Kier alpha value is -2.97. The van der Waals surface area contributed by atoms with Gasteiger partial charge in [0.05, 0.1) is 21.8 Å². The second kappa shape index (κ2) is 11.0. The van der Waals surface area contributed by atoms with Crippen LogP contribution in [-0.2, 0) is 4.79 Å². The van der Waals surface area contributed by atoms with E-state index in [4.69, 9.17) is 23.2 Å². The lowest BCUT2D eigenvalue weighted by molar-refractivity contribution is -0.130. The van der Waals surface area contributed by atoms with Crippen molar-refractivity contribution in [1.29, 1.82) is 0 Å². The fourth-order valence-corrected chi connectivity index (χ4v) is 5.01. The summed E-state index contributed by atoms with van der Waals surface area (Å²) in [6, 6.07) is 1.42. The van der Waals surface area contributed by atoms with E-state index in [9.17, 15) is 9.59 Å². The van der Waals surface area contributed by atoms with E-state index >= 15 is 0 Å². The first-order chi connectivity index (χ1) is 17.0. The number of nitrogens with zero attached hydrogens (tertiary/aromatic N) is 6. The second-order valence-electron chi connectivity index (χ2n) is 9.26. The number of halogens is 2. The highest BCUT2D eigenvalue weighted by molar-refractivity contribution is 6.41. The molecule has 1 fully saturated rings. The molecule has 1 aliphatic rings. The Morgan fingerprint density at radius 2 is 1.83 bits per heavy atom. The van der Waals surface area contributed by atoms with E-state index in [1.807, 2.05) is 52.5 Å². The Labute approximate surface area is 221 Å². The van der Waals surface area contributed by atoms with Crippen molar-refractivity contribution >= 4 is 58.4 Å². The molecule has 0 aromatic carbocycles. The number of fused-ring (bicyclic) bond motifs is 1. The number of hydrogen-bond acceptors (Lipinski definition) is 6. The molecular weight excluding hydrogens is 499 g/mol. The number of pyridine rings is 1. The molecule has 8 nitrogen and oxygen atoms in total. The zero-order valence-electron chi connectivity index (χ0n) is 21.5. The summed E-state index contributed by atoms with van der Waals surface area (Å²) in [5.74, 6) is 0.292. The number of anilines is 1. The van der Waals surface area contributed by atoms with Crippen molar-refractivity contribution < 1.29 is 4.79 Å². The van der Waals surface area contributed by atoms with Gasteiger partial charge in [0.1, 0.15) is 11.0 Å². The molecule has 3 heterocycles. The third kappa shape index (κ3) is 4.97. The molecule has 3 rings (SSSR count). The highest BCUT2D eigenvalue weighted by atomic mass is 35.5. The highest BCUT2D eigenvalue weighted by Crippen LogP contribution is 2.34. The molecule has 1 aliphatic heterocycles. The minimum Gasteiger partial charge on any atom is -0.352 e. The second-order valence-corrected chi connectivity index (χ2v) is 10.0. The smallest absolute Gasteiger partial charge is 0.352 e. The number of carbonyl (C=O) groups is 1. The standard InChI is InChI=1S/C26H32Cl2N6O2/c1-9-15(5)22(21(29-8)14(3)4)34-25-18(11-19(27)23(28)30-25)24(31-26(34)36)32-12-16(6)33(17(7)13-32)20(35)10-2/h9-11,14,16-17H,2,8,12-13H2,1,3-7H3/b15-9-,22-21+/t16-,17+. The van der Waals surface area contributed by atoms with Crippen LogP contribution >= 0.6 is 23.2 Å². The number of amides is 1. The maximum Gasteiger partial charge on any atom is 0.355 e. The average Bonchev–Trinajstić information content (AvgIpc) is 2.82. The number of aliphatic imine (C=N–C) groups is 1. The van der Waals surface area contributed by atoms with Crippen molar-refractivity contribution in [3.63, 3.8) is 0 Å². The molecule has 0 bridgehead atoms. The number of rotatable bonds is 6. The minimum atomic E-state index is -0.522. The van der Waals surface area contributed by atoms with Gasteiger partial charge in [-0.25, -0.2) is 14.3 Å². The van der Waals surface area contributed by atoms with Crippen LogP contribution in [0.2, 0.25) is 10.2 Å². The molecule has 192 valence electrons. The van der Waals surface area contributed by atoms with Crippen molar-refractivity contribution in [2.45, 2.75) is 53.6 Å². The summed E-state index contributed by atoms with van der Waals surface area (Å²) in [5.41, 5.74) is 1.81. The molecule has 0 aliphatic carbocycles. The number of piperazine rings is 1. The van der Waals surface area contributed by atoms with E-state index in [0.717, 1.165) is 5.57 Å². The van der Waals surface area contributed by atoms with Gasteiger partial charge in [0.25, 0.3) is 0 Å². The van der Waals surface area contributed by atoms with Gasteiger partial charge in [-0.1, -0.05) is 49.7 Å². The first kappa shape index (κ1) is 27.6. The average molecular weight is 531 g/mol. The molecule has 2 aromatic rings.